The second-order valence-electron chi connectivity index (χ2n) is 7.65. The summed E-state index contributed by atoms with van der Waals surface area (Å²) in [4.78, 5) is 23.4. The van der Waals surface area contributed by atoms with Gasteiger partial charge in [-0.15, -0.1) is 0 Å². The lowest BCUT2D eigenvalue weighted by Crippen LogP contribution is -2.40. The quantitative estimate of drug-likeness (QED) is 0.586. The smallest absolute Gasteiger partial charge is 0.382 e. The molecule has 4 rings (SSSR count). The number of anilines is 1. The van der Waals surface area contributed by atoms with Crippen LogP contribution < -0.4 is 10.6 Å². The number of rotatable bonds is 4. The molecule has 3 N–H and O–H groups in total. The zero-order chi connectivity index (χ0) is 21.3. The van der Waals surface area contributed by atoms with E-state index in [4.69, 9.17) is 0 Å². The number of alkyl halides is 3. The number of nitrogens with one attached hydrogen (secondary N) is 3. The number of nitrogens with zero attached hydrogens (tertiary/aromatic N) is 2. The number of para-hydroxylation sites is 2. The van der Waals surface area contributed by atoms with Crippen LogP contribution in [0.15, 0.2) is 36.4 Å². The Morgan fingerprint density at radius 2 is 1.77 bits per heavy atom. The van der Waals surface area contributed by atoms with Crippen LogP contribution in [-0.2, 0) is 6.18 Å². The van der Waals surface area contributed by atoms with E-state index in [-0.39, 0.29) is 23.8 Å². The van der Waals surface area contributed by atoms with Crippen molar-refractivity contribution in [1.29, 1.82) is 0 Å². The minimum Gasteiger partial charge on any atom is -0.382 e. The summed E-state index contributed by atoms with van der Waals surface area (Å²) < 4.78 is 38.9. The van der Waals surface area contributed by atoms with Crippen molar-refractivity contribution in [1.82, 2.24) is 20.3 Å². The van der Waals surface area contributed by atoms with Crippen LogP contribution in [0.25, 0.3) is 11.0 Å². The molecular formula is C21H22F3N5O. The van der Waals surface area contributed by atoms with E-state index in [0.717, 1.165) is 42.8 Å². The Morgan fingerprint density at radius 3 is 2.47 bits per heavy atom. The molecule has 3 aromatic rings. The molecular weight excluding hydrogens is 395 g/mol. The molecule has 1 amide bonds. The number of hydrogen-bond acceptors (Lipinski definition) is 4. The van der Waals surface area contributed by atoms with Gasteiger partial charge in [-0.1, -0.05) is 12.1 Å². The number of amides is 1. The third-order valence-electron chi connectivity index (χ3n) is 5.28. The van der Waals surface area contributed by atoms with Crippen molar-refractivity contribution < 1.29 is 18.0 Å². The number of fused-ring (bicyclic) bond motifs is 1. The summed E-state index contributed by atoms with van der Waals surface area (Å²) in [5.74, 6) is 0.0329. The van der Waals surface area contributed by atoms with Crippen LogP contribution in [0, 0.1) is 6.92 Å². The minimum absolute atomic E-state index is 0.00803. The first-order chi connectivity index (χ1) is 14.3. The van der Waals surface area contributed by atoms with Crippen molar-refractivity contribution >= 4 is 22.6 Å². The highest BCUT2D eigenvalue weighted by molar-refractivity contribution is 5.94. The fraction of sp³-hybridized carbons (Fsp3) is 0.381. The molecule has 0 radical (unpaired) electrons. The first-order valence-electron chi connectivity index (χ1n) is 9.86. The van der Waals surface area contributed by atoms with Crippen molar-refractivity contribution in [3.8, 4) is 0 Å². The van der Waals surface area contributed by atoms with E-state index in [2.05, 4.69) is 25.6 Å². The fourth-order valence-electron chi connectivity index (χ4n) is 3.83. The summed E-state index contributed by atoms with van der Waals surface area (Å²) in [5.41, 5.74) is 1.39. The van der Waals surface area contributed by atoms with Crippen molar-refractivity contribution in [2.75, 3.05) is 5.32 Å². The lowest BCUT2D eigenvalue weighted by molar-refractivity contribution is -0.141. The fourth-order valence-corrected chi connectivity index (χ4v) is 3.83. The van der Waals surface area contributed by atoms with Gasteiger partial charge in [-0.3, -0.25) is 4.79 Å². The zero-order valence-electron chi connectivity index (χ0n) is 16.4. The zero-order valence-corrected chi connectivity index (χ0v) is 16.4. The summed E-state index contributed by atoms with van der Waals surface area (Å²) in [5, 5.41) is 6.19. The van der Waals surface area contributed by atoms with Crippen LogP contribution in [0.3, 0.4) is 0 Å². The van der Waals surface area contributed by atoms with Gasteiger partial charge in [0.25, 0.3) is 5.91 Å². The van der Waals surface area contributed by atoms with E-state index in [9.17, 15) is 18.0 Å². The summed E-state index contributed by atoms with van der Waals surface area (Å²) in [7, 11) is 0. The molecule has 1 saturated carbocycles. The van der Waals surface area contributed by atoms with E-state index >= 15 is 0 Å². The normalized spacial score (nSPS) is 19.6. The van der Waals surface area contributed by atoms with Gasteiger partial charge in [0, 0.05) is 23.5 Å². The molecule has 0 bridgehead atoms. The van der Waals surface area contributed by atoms with Crippen molar-refractivity contribution in [3.63, 3.8) is 0 Å². The van der Waals surface area contributed by atoms with Crippen LogP contribution in [0.1, 0.15) is 47.7 Å². The Labute approximate surface area is 171 Å². The highest BCUT2D eigenvalue weighted by atomic mass is 19.4. The number of carbonyl (C=O) groups is 1. The molecule has 0 aliphatic heterocycles. The highest BCUT2D eigenvalue weighted by Crippen LogP contribution is 2.31. The molecule has 0 saturated heterocycles. The van der Waals surface area contributed by atoms with Crippen molar-refractivity contribution in [3.05, 3.63) is 53.6 Å². The molecule has 2 aromatic heterocycles. The van der Waals surface area contributed by atoms with Gasteiger partial charge < -0.3 is 15.6 Å². The lowest BCUT2D eigenvalue weighted by Gasteiger charge is -2.30. The Kier molecular flexibility index (Phi) is 5.36. The van der Waals surface area contributed by atoms with Crippen molar-refractivity contribution in [2.24, 2.45) is 0 Å². The van der Waals surface area contributed by atoms with Gasteiger partial charge in [0.15, 0.2) is 5.82 Å². The first-order valence-corrected chi connectivity index (χ1v) is 9.86. The van der Waals surface area contributed by atoms with Crippen LogP contribution in [-0.4, -0.2) is 32.9 Å². The van der Waals surface area contributed by atoms with Gasteiger partial charge in [0.1, 0.15) is 5.69 Å². The molecule has 0 atom stereocenters. The standard InChI is InChI=1S/C21H22F3N5O/c1-12-10-15(11-18(25-12)21(22,23)24)26-13-6-8-14(9-7-13)27-20(30)19-28-16-4-2-3-5-17(16)29-19/h2-5,10-11,13-14H,6-9H2,1H3,(H,25,26)(H,27,30)(H,28,29)/t13-,14+. The monoisotopic (exact) mass is 417 g/mol. The third kappa shape index (κ3) is 4.55. The predicted molar refractivity (Wildman–Crippen MR) is 107 cm³/mol. The average molecular weight is 417 g/mol. The Hall–Kier alpha value is -3.10. The molecule has 0 unspecified atom stereocenters. The SMILES string of the molecule is Cc1cc(N[C@H]2CC[C@@H](NC(=O)c3nc4ccccc4[nH]3)CC2)cc(C(F)(F)F)n1. The maximum atomic E-state index is 13.0. The molecule has 1 aliphatic carbocycles. The second-order valence-corrected chi connectivity index (χ2v) is 7.65. The number of aromatic amines is 1. The van der Waals surface area contributed by atoms with Crippen LogP contribution in [0.5, 0.6) is 0 Å². The molecule has 158 valence electrons. The Balaban J connectivity index is 1.33. The number of carbonyl (C=O) groups excluding carboxylic acids is 1. The summed E-state index contributed by atoms with van der Waals surface area (Å²) >= 11 is 0. The van der Waals surface area contributed by atoms with E-state index in [0.29, 0.717) is 11.4 Å². The summed E-state index contributed by atoms with van der Waals surface area (Å²) in [6, 6.07) is 10.2. The first kappa shape index (κ1) is 20.2. The van der Waals surface area contributed by atoms with Gasteiger partial charge in [-0.25, -0.2) is 9.97 Å². The third-order valence-corrected chi connectivity index (χ3v) is 5.28. The maximum Gasteiger partial charge on any atom is 0.433 e. The van der Waals surface area contributed by atoms with Gasteiger partial charge in [0.2, 0.25) is 0 Å². The molecule has 1 aromatic carbocycles. The highest BCUT2D eigenvalue weighted by Gasteiger charge is 2.33. The molecule has 9 heteroatoms. The summed E-state index contributed by atoms with van der Waals surface area (Å²) in [6.45, 7) is 1.55. The number of aromatic nitrogens is 3. The molecule has 30 heavy (non-hydrogen) atoms. The number of hydrogen-bond donors (Lipinski definition) is 3. The van der Waals surface area contributed by atoms with E-state index in [1.807, 2.05) is 24.3 Å². The molecule has 6 nitrogen and oxygen atoms in total. The van der Waals surface area contributed by atoms with Crippen molar-refractivity contribution in [2.45, 2.75) is 50.9 Å². The van der Waals surface area contributed by atoms with Gasteiger partial charge in [-0.2, -0.15) is 13.2 Å². The number of halogens is 3. The van der Waals surface area contributed by atoms with Gasteiger partial charge >= 0.3 is 6.18 Å². The second kappa shape index (κ2) is 7.97. The van der Waals surface area contributed by atoms with Crippen LogP contribution >= 0.6 is 0 Å². The average Bonchev–Trinajstić information content (AvgIpc) is 3.13. The van der Waals surface area contributed by atoms with E-state index < -0.39 is 11.9 Å². The van der Waals surface area contributed by atoms with Gasteiger partial charge in [-0.05, 0) is 56.9 Å². The predicted octanol–water partition coefficient (Wildman–Crippen LogP) is 4.44. The molecule has 1 aliphatic rings. The largest absolute Gasteiger partial charge is 0.433 e. The maximum absolute atomic E-state index is 13.0. The number of H-pyrrole nitrogens is 1. The van der Waals surface area contributed by atoms with Crippen LogP contribution in [0.4, 0.5) is 18.9 Å². The number of pyridine rings is 1. The minimum atomic E-state index is -4.47. The number of benzene rings is 1. The number of imidazole rings is 1. The molecule has 0 spiro atoms. The Bertz CT molecular complexity index is 1020. The van der Waals surface area contributed by atoms with E-state index in [1.165, 1.54) is 0 Å². The topological polar surface area (TPSA) is 82.7 Å². The summed E-state index contributed by atoms with van der Waals surface area (Å²) in [6.07, 6.45) is -1.51. The lowest BCUT2D eigenvalue weighted by atomic mass is 9.91. The van der Waals surface area contributed by atoms with Gasteiger partial charge in [0.05, 0.1) is 11.0 Å². The molecule has 2 heterocycles. The van der Waals surface area contributed by atoms with Crippen LogP contribution in [0.2, 0.25) is 0 Å². The Morgan fingerprint density at radius 1 is 1.07 bits per heavy atom. The number of aryl methyl sites for hydroxylation is 1. The van der Waals surface area contributed by atoms with E-state index in [1.54, 1.807) is 13.0 Å². The molecule has 1 fully saturated rings.